The molecule has 0 saturated carbocycles. The molecule has 0 aromatic heterocycles. The summed E-state index contributed by atoms with van der Waals surface area (Å²) in [4.78, 5) is 10.4. The molecule has 6 N–H and O–H groups in total. The summed E-state index contributed by atoms with van der Waals surface area (Å²) in [6, 6.07) is 33.4. The first-order valence-electron chi connectivity index (χ1n) is 23.7. The summed E-state index contributed by atoms with van der Waals surface area (Å²) in [6.07, 6.45) is -22.8. The van der Waals surface area contributed by atoms with Crippen molar-refractivity contribution in [3.05, 3.63) is 230 Å². The quantitative estimate of drug-likeness (QED) is 0.0404. The van der Waals surface area contributed by atoms with Crippen LogP contribution < -0.4 is 16.0 Å². The average molecular weight is 1690 g/mol. The Kier molecular flexibility index (Phi) is 27.8. The number of nitrogens with two attached hydrogens (primary N) is 3. The lowest BCUT2D eigenvalue weighted by Crippen LogP contribution is -2.15. The zero-order valence-electron chi connectivity index (χ0n) is 44.9. The van der Waals surface area contributed by atoms with Crippen molar-refractivity contribution >= 4 is 159 Å². The number of thiol groups is 1. The molecule has 8 aromatic rings. The van der Waals surface area contributed by atoms with E-state index in [9.17, 15) is 101 Å². The number of primary sulfonamides is 2. The van der Waals surface area contributed by atoms with Crippen molar-refractivity contribution in [1.29, 1.82) is 0 Å². The standard InChI is InChI=1S/C13H7BrF3NO2S2.C13H9BrF3NO2S2.C7H5ClF3NO2S.C7H3ClF3NO2.C7H5ClF3N.C6H5BrS/c14-9-2-4-10(5-3-9)21-11-6-1-8(13(15,16)17)7-12(11)22(19,20)18-21;14-9-2-4-10(5-3-9)21-11-6-1-8(13(15,16)17)7-12(11)22(18,19)20;8-5-2-1-4(7(9,10)11)3-6(5)15(12,13)14;8-5-2-1-4(7(9,10)11)3-6(5)12(13)14;8-5-2-1-4(3-6(5)12)7(9,10)11;7-5-1-3-6(8)4-2-5/h1-7H;1-7H,(H2,18,19,20);1-3H,(H2,12,13,14);1-3H;1-3H,12H2;1-4,8H. The first kappa shape index (κ1) is 80.3. The lowest BCUT2D eigenvalue weighted by molar-refractivity contribution is -0.385. The molecule has 0 spiro atoms. The van der Waals surface area contributed by atoms with Gasteiger partial charge in [-0.25, -0.2) is 27.1 Å². The number of hydrogen-bond acceptors (Lipinski definition) is 11. The largest absolute Gasteiger partial charge is 0.416 e. The molecular weight excluding hydrogens is 1660 g/mol. The summed E-state index contributed by atoms with van der Waals surface area (Å²) in [5.74, 6) is 0. The van der Waals surface area contributed by atoms with E-state index in [4.69, 9.17) is 50.8 Å². The minimum absolute atomic E-state index is 0.0634. The Morgan fingerprint density at radius 2 is 0.871 bits per heavy atom. The molecule has 8 aromatic carbocycles. The molecule has 0 radical (unpaired) electrons. The van der Waals surface area contributed by atoms with Gasteiger partial charge in [0.25, 0.3) is 15.7 Å². The van der Waals surface area contributed by atoms with Crippen LogP contribution in [0, 0.1) is 10.1 Å². The van der Waals surface area contributed by atoms with Crippen molar-refractivity contribution in [1.82, 2.24) is 0 Å². The lowest BCUT2D eigenvalue weighted by Gasteiger charge is -2.12. The van der Waals surface area contributed by atoms with Gasteiger partial charge in [0.05, 0.1) is 53.4 Å². The van der Waals surface area contributed by atoms with Gasteiger partial charge in [-0.1, -0.05) is 94.4 Å². The van der Waals surface area contributed by atoms with Gasteiger partial charge in [0.2, 0.25) is 20.0 Å². The molecule has 0 bridgehead atoms. The molecule has 1 unspecified atom stereocenters. The molecule has 1 aliphatic rings. The maximum Gasteiger partial charge on any atom is 0.416 e. The van der Waals surface area contributed by atoms with Crippen molar-refractivity contribution in [3.63, 3.8) is 0 Å². The van der Waals surface area contributed by atoms with Crippen molar-refractivity contribution in [2.45, 2.75) is 70.0 Å². The van der Waals surface area contributed by atoms with E-state index in [0.29, 0.717) is 46.2 Å². The maximum absolute atomic E-state index is 12.7. The summed E-state index contributed by atoms with van der Waals surface area (Å²) in [6.45, 7) is 0. The second kappa shape index (κ2) is 32.3. The molecule has 1 atom stereocenters. The summed E-state index contributed by atoms with van der Waals surface area (Å²) in [7, 11) is -13.7. The number of sulfonamides is 3. The highest BCUT2D eigenvalue weighted by Gasteiger charge is 2.38. The van der Waals surface area contributed by atoms with Gasteiger partial charge in [-0.3, -0.25) is 10.1 Å². The number of nitro benzene ring substituents is 1. The highest BCUT2D eigenvalue weighted by molar-refractivity contribution is 9.11. The van der Waals surface area contributed by atoms with Crippen LogP contribution in [0.2, 0.25) is 15.1 Å². The molecule has 0 saturated heterocycles. The molecule has 93 heavy (non-hydrogen) atoms. The predicted octanol–water partition coefficient (Wildman–Crippen LogP) is 19.6. The Balaban J connectivity index is 0.000000245. The van der Waals surface area contributed by atoms with E-state index in [2.05, 4.69) is 64.2 Å². The molecule has 13 nitrogen and oxygen atoms in total. The van der Waals surface area contributed by atoms with E-state index in [-0.39, 0.29) is 35.4 Å². The Hall–Kier alpha value is -5.16. The zero-order chi connectivity index (χ0) is 70.8. The molecule has 40 heteroatoms. The second-order valence-corrected chi connectivity index (χ2v) is 29.7. The van der Waals surface area contributed by atoms with Crippen LogP contribution in [0.5, 0.6) is 0 Å². The Labute approximate surface area is 570 Å². The van der Waals surface area contributed by atoms with Gasteiger partial charge in [0.1, 0.15) is 14.8 Å². The number of benzene rings is 8. The third-order valence-electron chi connectivity index (χ3n) is 10.8. The number of rotatable bonds is 6. The van der Waals surface area contributed by atoms with Gasteiger partial charge >= 0.3 is 30.9 Å². The van der Waals surface area contributed by atoms with E-state index in [1.807, 2.05) is 24.3 Å². The van der Waals surface area contributed by atoms with Gasteiger partial charge in [0.15, 0.2) is 0 Å². The second-order valence-electron chi connectivity index (χ2n) is 17.5. The summed E-state index contributed by atoms with van der Waals surface area (Å²) < 4.78 is 261. The predicted molar refractivity (Wildman–Crippen MR) is 333 cm³/mol. The van der Waals surface area contributed by atoms with Crippen molar-refractivity contribution in [2.24, 2.45) is 14.0 Å². The van der Waals surface area contributed by atoms with Gasteiger partial charge in [-0.05, 0) is 168 Å². The van der Waals surface area contributed by atoms with Crippen molar-refractivity contribution < 1.29 is 96.0 Å². The lowest BCUT2D eigenvalue weighted by atomic mass is 10.2. The monoisotopic (exact) mass is 1690 g/mol. The highest BCUT2D eigenvalue weighted by atomic mass is 79.9. The van der Waals surface area contributed by atoms with Crippen molar-refractivity contribution in [2.75, 3.05) is 5.73 Å². The molecular formula is C53H34Br3Cl3F15N5O8S6. The van der Waals surface area contributed by atoms with Crippen molar-refractivity contribution in [3.8, 4) is 0 Å². The third-order valence-corrected chi connectivity index (χ3v) is 20.8. The Morgan fingerprint density at radius 1 is 0.505 bits per heavy atom. The molecule has 502 valence electrons. The molecule has 9 rings (SSSR count). The highest BCUT2D eigenvalue weighted by Crippen LogP contribution is 2.42. The number of anilines is 1. The minimum Gasteiger partial charge on any atom is -0.398 e. The van der Waals surface area contributed by atoms with Crippen LogP contribution in [0.15, 0.2) is 220 Å². The van der Waals surface area contributed by atoms with Crippen LogP contribution in [0.25, 0.3) is 0 Å². The number of fused-ring (bicyclic) bond motifs is 1. The van der Waals surface area contributed by atoms with Crippen LogP contribution in [-0.4, -0.2) is 30.2 Å². The maximum atomic E-state index is 12.7. The third kappa shape index (κ3) is 24.8. The molecule has 0 amide bonds. The summed E-state index contributed by atoms with van der Waals surface area (Å²) in [5, 5.41) is 19.4. The number of nitro groups is 1. The minimum atomic E-state index is -4.64. The fraction of sp³-hybridized carbons (Fsp3) is 0.0943. The van der Waals surface area contributed by atoms with E-state index >= 15 is 0 Å². The number of nitrogen functional groups attached to an aromatic ring is 1. The fourth-order valence-corrected chi connectivity index (χ4v) is 14.7. The molecule has 1 heterocycles. The van der Waals surface area contributed by atoms with Crippen LogP contribution in [0.1, 0.15) is 27.8 Å². The van der Waals surface area contributed by atoms with Crippen LogP contribution in [0.4, 0.5) is 77.2 Å². The topological polar surface area (TPSA) is 236 Å². The van der Waals surface area contributed by atoms with Crippen LogP contribution in [0.3, 0.4) is 0 Å². The Morgan fingerprint density at radius 3 is 1.29 bits per heavy atom. The zero-order valence-corrected chi connectivity index (χ0v) is 56.9. The van der Waals surface area contributed by atoms with E-state index in [1.54, 1.807) is 48.5 Å². The summed E-state index contributed by atoms with van der Waals surface area (Å²) >= 11 is 31.1. The van der Waals surface area contributed by atoms with Gasteiger partial charge in [0, 0.05) is 44.0 Å². The average Bonchev–Trinajstić information content (AvgIpc) is 1.62. The number of nitrogens with zero attached hydrogens (tertiary/aromatic N) is 2. The SMILES string of the molecule is NS(=O)(=O)c1cc(C(F)(F)F)ccc1Cl.NS(=O)(=O)c1cc(C(F)(F)F)ccc1Sc1ccc(Br)cc1.Nc1cc(C(F)(F)F)ccc1Cl.O=S1(=O)N=S(c2ccc(Br)cc2)c2ccc(C(F)(F)F)cc21.O=[N+]([O-])c1cc(C(F)(F)F)ccc1Cl.Sc1ccc(Br)cc1. The van der Waals surface area contributed by atoms with Gasteiger partial charge < -0.3 is 5.73 Å². The Bertz CT molecular complexity index is 4350. The molecule has 1 aliphatic heterocycles. The number of halogens is 21. The molecule has 0 aliphatic carbocycles. The molecule has 0 fully saturated rings. The number of alkyl halides is 15. The van der Waals surface area contributed by atoms with E-state index in [0.717, 1.165) is 78.6 Å². The smallest absolute Gasteiger partial charge is 0.398 e. The normalized spacial score (nSPS) is 13.7. The van der Waals surface area contributed by atoms with E-state index in [1.165, 1.54) is 6.07 Å². The number of hydrogen-bond donors (Lipinski definition) is 4. The van der Waals surface area contributed by atoms with Crippen LogP contribution >= 0.6 is 107 Å². The van der Waals surface area contributed by atoms with Gasteiger partial charge in [-0.2, -0.15) is 74.3 Å². The van der Waals surface area contributed by atoms with Crippen LogP contribution in [-0.2, 0) is 71.6 Å². The fourth-order valence-electron chi connectivity index (χ4n) is 6.47. The van der Waals surface area contributed by atoms with Gasteiger partial charge in [-0.15, -0.1) is 16.4 Å². The summed E-state index contributed by atoms with van der Waals surface area (Å²) in [5.41, 5.74) is -0.671. The first-order chi connectivity index (χ1) is 42.4. The first-order valence-corrected chi connectivity index (χ1v) is 34.2. The van der Waals surface area contributed by atoms with E-state index < -0.39 is 120 Å².